The number of thiazole rings is 1. The molecule has 8 heteroatoms. The normalized spacial score (nSPS) is 12.0. The van der Waals surface area contributed by atoms with Gasteiger partial charge < -0.3 is 5.32 Å². The van der Waals surface area contributed by atoms with Crippen molar-refractivity contribution in [3.8, 4) is 0 Å². The van der Waals surface area contributed by atoms with Crippen molar-refractivity contribution in [2.75, 3.05) is 12.3 Å². The van der Waals surface area contributed by atoms with Crippen LogP contribution in [0.25, 0.3) is 0 Å². The Morgan fingerprint density at radius 3 is 2.86 bits per heavy atom. The zero-order valence-corrected chi connectivity index (χ0v) is 14.6. The van der Waals surface area contributed by atoms with Gasteiger partial charge >= 0.3 is 0 Å². The molecule has 0 saturated carbocycles. The predicted octanol–water partition coefficient (Wildman–Crippen LogP) is 2.16. The molecule has 21 heavy (non-hydrogen) atoms. The number of aromatic nitrogens is 5. The second-order valence-electron chi connectivity index (χ2n) is 5.82. The van der Waals surface area contributed by atoms with Crippen molar-refractivity contribution in [3.05, 3.63) is 16.1 Å². The monoisotopic (exact) mass is 326 g/mol. The summed E-state index contributed by atoms with van der Waals surface area (Å²) in [7, 11) is 0. The van der Waals surface area contributed by atoms with Gasteiger partial charge in [0.2, 0.25) is 5.16 Å². The number of nitrogens with zero attached hydrogens (tertiary/aromatic N) is 5. The first-order valence-electron chi connectivity index (χ1n) is 6.98. The van der Waals surface area contributed by atoms with Gasteiger partial charge in [0, 0.05) is 22.7 Å². The van der Waals surface area contributed by atoms with Gasteiger partial charge in [0.15, 0.2) is 0 Å². The van der Waals surface area contributed by atoms with Crippen LogP contribution < -0.4 is 5.32 Å². The number of rotatable bonds is 7. The van der Waals surface area contributed by atoms with Crippen LogP contribution in [0, 0.1) is 6.92 Å². The highest BCUT2D eigenvalue weighted by atomic mass is 32.2. The van der Waals surface area contributed by atoms with Crippen molar-refractivity contribution >= 4 is 23.1 Å². The zero-order chi connectivity index (χ0) is 15.3. The Morgan fingerprint density at radius 1 is 1.38 bits per heavy atom. The SMILES string of the molecule is Cc1ncsc1CCSc1nnnn1CCNC(C)(C)C. The lowest BCUT2D eigenvalue weighted by Crippen LogP contribution is -2.38. The fraction of sp³-hybridized carbons (Fsp3) is 0.692. The zero-order valence-electron chi connectivity index (χ0n) is 13.0. The third-order valence-electron chi connectivity index (χ3n) is 2.88. The van der Waals surface area contributed by atoms with E-state index < -0.39 is 0 Å². The quantitative estimate of drug-likeness (QED) is 0.787. The van der Waals surface area contributed by atoms with Gasteiger partial charge in [0.1, 0.15) is 0 Å². The molecular weight excluding hydrogens is 304 g/mol. The summed E-state index contributed by atoms with van der Waals surface area (Å²) in [4.78, 5) is 5.61. The van der Waals surface area contributed by atoms with Crippen LogP contribution in [0.1, 0.15) is 31.3 Å². The Morgan fingerprint density at radius 2 is 2.19 bits per heavy atom. The van der Waals surface area contributed by atoms with E-state index in [-0.39, 0.29) is 5.54 Å². The number of hydrogen-bond donors (Lipinski definition) is 1. The molecule has 0 aromatic carbocycles. The lowest BCUT2D eigenvalue weighted by atomic mass is 10.1. The Kier molecular flexibility index (Phi) is 5.72. The van der Waals surface area contributed by atoms with E-state index in [0.717, 1.165) is 36.1 Å². The van der Waals surface area contributed by atoms with Crippen LogP contribution in [0.3, 0.4) is 0 Å². The standard InChI is InChI=1S/C13H22N6S2/c1-10-11(21-9-14-10)5-8-20-12-16-17-18-19(12)7-6-15-13(2,3)4/h9,15H,5-8H2,1-4H3. The summed E-state index contributed by atoms with van der Waals surface area (Å²) in [5, 5.41) is 16.2. The van der Waals surface area contributed by atoms with Gasteiger partial charge in [-0.25, -0.2) is 9.67 Å². The lowest BCUT2D eigenvalue weighted by Gasteiger charge is -2.20. The molecule has 2 aromatic heterocycles. The summed E-state index contributed by atoms with van der Waals surface area (Å²) in [6.07, 6.45) is 1.01. The smallest absolute Gasteiger partial charge is 0.209 e. The molecule has 0 saturated heterocycles. The van der Waals surface area contributed by atoms with Crippen LogP contribution in [-0.4, -0.2) is 43.0 Å². The van der Waals surface area contributed by atoms with Gasteiger partial charge in [-0.3, -0.25) is 0 Å². The van der Waals surface area contributed by atoms with Crippen molar-refractivity contribution in [2.24, 2.45) is 0 Å². The van der Waals surface area contributed by atoms with Crippen LogP contribution in [0.5, 0.6) is 0 Å². The molecule has 0 unspecified atom stereocenters. The molecule has 116 valence electrons. The molecule has 2 heterocycles. The van der Waals surface area contributed by atoms with Crippen LogP contribution in [0.2, 0.25) is 0 Å². The second-order valence-corrected chi connectivity index (χ2v) is 7.82. The topological polar surface area (TPSA) is 68.5 Å². The Bertz CT molecular complexity index is 557. The van der Waals surface area contributed by atoms with Crippen LogP contribution in [0.15, 0.2) is 10.7 Å². The maximum Gasteiger partial charge on any atom is 0.209 e. The van der Waals surface area contributed by atoms with E-state index in [2.05, 4.69) is 53.5 Å². The summed E-state index contributed by atoms with van der Waals surface area (Å²) < 4.78 is 1.86. The third-order valence-corrected chi connectivity index (χ3v) is 4.84. The first-order chi connectivity index (χ1) is 9.96. The molecule has 0 amide bonds. The first kappa shape index (κ1) is 16.4. The molecule has 0 aliphatic rings. The first-order valence-corrected chi connectivity index (χ1v) is 8.85. The molecule has 0 spiro atoms. The van der Waals surface area contributed by atoms with Gasteiger partial charge in [-0.05, 0) is 44.5 Å². The fourth-order valence-corrected chi connectivity index (χ4v) is 3.55. The van der Waals surface area contributed by atoms with E-state index in [4.69, 9.17) is 0 Å². The average molecular weight is 326 g/mol. The van der Waals surface area contributed by atoms with Gasteiger partial charge in [-0.1, -0.05) is 11.8 Å². The largest absolute Gasteiger partial charge is 0.310 e. The highest BCUT2D eigenvalue weighted by Gasteiger charge is 2.11. The van der Waals surface area contributed by atoms with Crippen LogP contribution in [0.4, 0.5) is 0 Å². The predicted molar refractivity (Wildman–Crippen MR) is 86.9 cm³/mol. The van der Waals surface area contributed by atoms with Gasteiger partial charge in [0.25, 0.3) is 0 Å². The molecule has 0 radical (unpaired) electrons. The highest BCUT2D eigenvalue weighted by molar-refractivity contribution is 7.99. The number of aryl methyl sites for hydroxylation is 2. The molecule has 2 aromatic rings. The van der Waals surface area contributed by atoms with E-state index in [0.29, 0.717) is 0 Å². The number of nitrogens with one attached hydrogen (secondary N) is 1. The summed E-state index contributed by atoms with van der Waals surface area (Å²) in [6, 6.07) is 0. The van der Waals surface area contributed by atoms with E-state index in [1.807, 2.05) is 10.2 Å². The van der Waals surface area contributed by atoms with E-state index in [1.165, 1.54) is 4.88 Å². The Labute approximate surface area is 133 Å². The number of hydrogen-bond acceptors (Lipinski definition) is 7. The molecule has 2 rings (SSSR count). The summed E-state index contributed by atoms with van der Waals surface area (Å²) in [5.74, 6) is 0.968. The molecule has 6 nitrogen and oxygen atoms in total. The lowest BCUT2D eigenvalue weighted by molar-refractivity contribution is 0.396. The van der Waals surface area contributed by atoms with Gasteiger partial charge in [-0.15, -0.1) is 16.4 Å². The van der Waals surface area contributed by atoms with E-state index >= 15 is 0 Å². The number of thioether (sulfide) groups is 1. The minimum atomic E-state index is 0.116. The van der Waals surface area contributed by atoms with Gasteiger partial charge in [0.05, 0.1) is 17.7 Å². The second kappa shape index (κ2) is 7.33. The molecule has 0 aliphatic carbocycles. The molecule has 0 bridgehead atoms. The molecule has 0 fully saturated rings. The Balaban J connectivity index is 1.79. The molecule has 0 atom stereocenters. The summed E-state index contributed by atoms with van der Waals surface area (Å²) in [5.41, 5.74) is 3.15. The van der Waals surface area contributed by atoms with Crippen molar-refractivity contribution in [1.82, 2.24) is 30.5 Å². The maximum atomic E-state index is 4.27. The van der Waals surface area contributed by atoms with Crippen molar-refractivity contribution in [1.29, 1.82) is 0 Å². The van der Waals surface area contributed by atoms with Crippen molar-refractivity contribution in [2.45, 2.75) is 51.4 Å². The third kappa shape index (κ3) is 5.37. The molecule has 0 aliphatic heterocycles. The highest BCUT2D eigenvalue weighted by Crippen LogP contribution is 2.19. The minimum absolute atomic E-state index is 0.116. The fourth-order valence-electron chi connectivity index (χ4n) is 1.78. The Hall–Kier alpha value is -0.990. The van der Waals surface area contributed by atoms with Crippen LogP contribution in [-0.2, 0) is 13.0 Å². The van der Waals surface area contributed by atoms with Crippen molar-refractivity contribution in [3.63, 3.8) is 0 Å². The van der Waals surface area contributed by atoms with Crippen LogP contribution >= 0.6 is 23.1 Å². The average Bonchev–Trinajstić information content (AvgIpc) is 2.99. The van der Waals surface area contributed by atoms with Crippen molar-refractivity contribution < 1.29 is 0 Å². The van der Waals surface area contributed by atoms with Gasteiger partial charge in [-0.2, -0.15) is 0 Å². The van der Waals surface area contributed by atoms with E-state index in [9.17, 15) is 0 Å². The van der Waals surface area contributed by atoms with E-state index in [1.54, 1.807) is 23.1 Å². The summed E-state index contributed by atoms with van der Waals surface area (Å²) >= 11 is 3.41. The molecular formula is C13H22N6S2. The maximum absolute atomic E-state index is 4.27. The minimum Gasteiger partial charge on any atom is -0.310 e. The molecule has 1 N–H and O–H groups in total. The summed E-state index contributed by atoms with van der Waals surface area (Å²) in [6.45, 7) is 10.2. The number of tetrazole rings is 1.